The molecule has 21 heavy (non-hydrogen) atoms. The smallest absolute Gasteiger partial charge is 0.233 e. The van der Waals surface area contributed by atoms with Gasteiger partial charge in [-0.1, -0.05) is 24.4 Å². The third-order valence-corrected chi connectivity index (χ3v) is 4.66. The average Bonchev–Trinajstić information content (AvgIpc) is 2.99. The van der Waals surface area contributed by atoms with Crippen LogP contribution in [0.4, 0.5) is 0 Å². The molecule has 1 aliphatic heterocycles. The first-order chi connectivity index (χ1) is 10.2. The number of nitrogens with zero attached hydrogens (tertiary/aromatic N) is 2. The lowest BCUT2D eigenvalue weighted by Gasteiger charge is -2.34. The van der Waals surface area contributed by atoms with Gasteiger partial charge in [-0.2, -0.15) is 4.98 Å². The van der Waals surface area contributed by atoms with Crippen LogP contribution in [0.3, 0.4) is 0 Å². The Kier molecular flexibility index (Phi) is 4.57. The van der Waals surface area contributed by atoms with Gasteiger partial charge in [0.15, 0.2) is 0 Å². The predicted octanol–water partition coefficient (Wildman–Crippen LogP) is 2.10. The van der Waals surface area contributed by atoms with Crippen LogP contribution in [0.1, 0.15) is 63.1 Å². The SMILES string of the molecule is CCOC1(c2noc(C3COCCC3N)n2)CCCCC1. The minimum atomic E-state index is -0.367. The minimum absolute atomic E-state index is 0.00210. The van der Waals surface area contributed by atoms with Crippen molar-refractivity contribution < 1.29 is 14.0 Å². The van der Waals surface area contributed by atoms with Crippen LogP contribution in [-0.2, 0) is 15.1 Å². The van der Waals surface area contributed by atoms with Gasteiger partial charge in [-0.3, -0.25) is 0 Å². The van der Waals surface area contributed by atoms with Gasteiger partial charge in [0.05, 0.1) is 12.5 Å². The molecule has 0 spiro atoms. The van der Waals surface area contributed by atoms with Gasteiger partial charge in [0.25, 0.3) is 0 Å². The molecular weight excluding hydrogens is 270 g/mol. The van der Waals surface area contributed by atoms with Crippen molar-refractivity contribution in [3.63, 3.8) is 0 Å². The maximum absolute atomic E-state index is 6.15. The van der Waals surface area contributed by atoms with Crippen molar-refractivity contribution in [2.45, 2.75) is 63.0 Å². The van der Waals surface area contributed by atoms with Crippen molar-refractivity contribution in [3.8, 4) is 0 Å². The van der Waals surface area contributed by atoms with Crippen molar-refractivity contribution in [3.05, 3.63) is 11.7 Å². The second-order valence-electron chi connectivity index (χ2n) is 6.08. The Morgan fingerprint density at radius 3 is 2.86 bits per heavy atom. The molecule has 2 heterocycles. The molecule has 2 atom stereocenters. The third-order valence-electron chi connectivity index (χ3n) is 4.66. The van der Waals surface area contributed by atoms with E-state index in [2.05, 4.69) is 10.1 Å². The van der Waals surface area contributed by atoms with E-state index in [-0.39, 0.29) is 17.6 Å². The molecule has 0 radical (unpaired) electrons. The Morgan fingerprint density at radius 2 is 2.14 bits per heavy atom. The highest BCUT2D eigenvalue weighted by molar-refractivity contribution is 5.07. The summed E-state index contributed by atoms with van der Waals surface area (Å²) in [6, 6.07) is 0.0291. The average molecular weight is 295 g/mol. The lowest BCUT2D eigenvalue weighted by atomic mass is 9.84. The summed E-state index contributed by atoms with van der Waals surface area (Å²) in [4.78, 5) is 4.64. The number of rotatable bonds is 4. The van der Waals surface area contributed by atoms with E-state index in [0.717, 1.165) is 32.1 Å². The van der Waals surface area contributed by atoms with Gasteiger partial charge < -0.3 is 19.7 Å². The second kappa shape index (κ2) is 6.42. The summed E-state index contributed by atoms with van der Waals surface area (Å²) in [5.74, 6) is 1.29. The van der Waals surface area contributed by atoms with Crippen molar-refractivity contribution in [1.29, 1.82) is 0 Å². The second-order valence-corrected chi connectivity index (χ2v) is 6.08. The van der Waals surface area contributed by atoms with Gasteiger partial charge in [-0.05, 0) is 26.2 Å². The first kappa shape index (κ1) is 14.9. The molecule has 2 unspecified atom stereocenters. The van der Waals surface area contributed by atoms with E-state index in [0.29, 0.717) is 31.5 Å². The Bertz CT molecular complexity index is 451. The molecule has 0 amide bonds. The van der Waals surface area contributed by atoms with Crippen LogP contribution in [0.2, 0.25) is 0 Å². The van der Waals surface area contributed by atoms with E-state index in [9.17, 15) is 0 Å². The molecule has 118 valence electrons. The molecule has 1 aliphatic carbocycles. The van der Waals surface area contributed by atoms with E-state index < -0.39 is 0 Å². The Balaban J connectivity index is 1.81. The topological polar surface area (TPSA) is 83.4 Å². The zero-order valence-electron chi connectivity index (χ0n) is 12.7. The van der Waals surface area contributed by atoms with Crippen LogP contribution in [-0.4, -0.2) is 36.0 Å². The molecule has 3 rings (SSSR count). The highest BCUT2D eigenvalue weighted by Crippen LogP contribution is 2.39. The van der Waals surface area contributed by atoms with Gasteiger partial charge in [0.2, 0.25) is 11.7 Å². The lowest BCUT2D eigenvalue weighted by Crippen LogP contribution is -2.37. The molecule has 2 aliphatic rings. The first-order valence-electron chi connectivity index (χ1n) is 8.06. The number of aromatic nitrogens is 2. The molecule has 2 fully saturated rings. The monoisotopic (exact) mass is 295 g/mol. The first-order valence-corrected chi connectivity index (χ1v) is 8.06. The van der Waals surface area contributed by atoms with Gasteiger partial charge in [-0.15, -0.1) is 0 Å². The molecule has 1 saturated heterocycles. The van der Waals surface area contributed by atoms with Crippen LogP contribution in [0, 0.1) is 0 Å². The molecule has 6 nitrogen and oxygen atoms in total. The highest BCUT2D eigenvalue weighted by Gasteiger charge is 2.40. The van der Waals surface area contributed by atoms with E-state index in [1.165, 1.54) is 6.42 Å². The predicted molar refractivity (Wildman–Crippen MR) is 76.8 cm³/mol. The fraction of sp³-hybridized carbons (Fsp3) is 0.867. The van der Waals surface area contributed by atoms with Crippen molar-refractivity contribution in [2.24, 2.45) is 5.73 Å². The largest absolute Gasteiger partial charge is 0.381 e. The molecular formula is C15H25N3O3. The van der Waals surface area contributed by atoms with E-state index in [1.807, 2.05) is 6.92 Å². The lowest BCUT2D eigenvalue weighted by molar-refractivity contribution is -0.0777. The molecule has 1 aromatic heterocycles. The highest BCUT2D eigenvalue weighted by atomic mass is 16.5. The molecule has 1 aromatic rings. The van der Waals surface area contributed by atoms with Crippen molar-refractivity contribution in [2.75, 3.05) is 19.8 Å². The molecule has 0 bridgehead atoms. The van der Waals surface area contributed by atoms with Crippen LogP contribution in [0.5, 0.6) is 0 Å². The zero-order valence-corrected chi connectivity index (χ0v) is 12.7. The van der Waals surface area contributed by atoms with Crippen molar-refractivity contribution in [1.82, 2.24) is 10.1 Å². The third kappa shape index (κ3) is 2.98. The van der Waals surface area contributed by atoms with E-state index in [4.69, 9.17) is 19.7 Å². The molecule has 1 saturated carbocycles. The van der Waals surface area contributed by atoms with E-state index >= 15 is 0 Å². The molecule has 2 N–H and O–H groups in total. The quantitative estimate of drug-likeness (QED) is 0.915. The summed E-state index contributed by atoms with van der Waals surface area (Å²) in [5.41, 5.74) is 5.78. The minimum Gasteiger partial charge on any atom is -0.381 e. The fourth-order valence-electron chi connectivity index (χ4n) is 3.41. The summed E-state index contributed by atoms with van der Waals surface area (Å²) in [6.45, 7) is 3.95. The van der Waals surface area contributed by atoms with E-state index in [1.54, 1.807) is 0 Å². The Hall–Kier alpha value is -0.980. The normalized spacial score (nSPS) is 29.4. The van der Waals surface area contributed by atoms with Crippen molar-refractivity contribution >= 4 is 0 Å². The van der Waals surface area contributed by atoms with Crippen LogP contribution >= 0.6 is 0 Å². The van der Waals surface area contributed by atoms with Gasteiger partial charge >= 0.3 is 0 Å². The fourth-order valence-corrected chi connectivity index (χ4v) is 3.41. The number of hydrogen-bond acceptors (Lipinski definition) is 6. The summed E-state index contributed by atoms with van der Waals surface area (Å²) in [5, 5.41) is 4.22. The van der Waals surface area contributed by atoms with Gasteiger partial charge in [0, 0.05) is 19.3 Å². The number of nitrogens with two attached hydrogens (primary N) is 1. The molecule has 0 aromatic carbocycles. The van der Waals surface area contributed by atoms with Crippen LogP contribution in [0.25, 0.3) is 0 Å². The Morgan fingerprint density at radius 1 is 1.33 bits per heavy atom. The maximum atomic E-state index is 6.15. The summed E-state index contributed by atoms with van der Waals surface area (Å²) < 4.78 is 17.0. The molecule has 6 heteroatoms. The Labute approximate surface area is 125 Å². The van der Waals surface area contributed by atoms with Crippen LogP contribution in [0.15, 0.2) is 4.52 Å². The maximum Gasteiger partial charge on any atom is 0.233 e. The summed E-state index contributed by atoms with van der Waals surface area (Å²) in [7, 11) is 0. The summed E-state index contributed by atoms with van der Waals surface area (Å²) >= 11 is 0. The number of hydrogen-bond donors (Lipinski definition) is 1. The van der Waals surface area contributed by atoms with Gasteiger partial charge in [-0.25, -0.2) is 0 Å². The number of ether oxygens (including phenoxy) is 2. The summed E-state index contributed by atoms with van der Waals surface area (Å²) in [6.07, 6.45) is 6.31. The standard InChI is InChI=1S/C15H25N3O3/c1-2-20-15(7-4-3-5-8-15)14-17-13(21-18-14)11-10-19-9-6-12(11)16/h11-12H,2-10,16H2,1H3. The van der Waals surface area contributed by atoms with Gasteiger partial charge in [0.1, 0.15) is 5.60 Å². The van der Waals surface area contributed by atoms with Crippen LogP contribution < -0.4 is 5.73 Å². The zero-order chi connectivity index (χ0) is 14.7.